The Morgan fingerprint density at radius 3 is 2.52 bits per heavy atom. The van der Waals surface area contributed by atoms with E-state index in [-0.39, 0.29) is 5.91 Å². The minimum atomic E-state index is 0.259. The van der Waals surface area contributed by atoms with Crippen molar-refractivity contribution in [1.29, 1.82) is 0 Å². The lowest BCUT2D eigenvalue weighted by Gasteiger charge is -2.44. The van der Waals surface area contributed by atoms with Gasteiger partial charge in [0.15, 0.2) is 0 Å². The van der Waals surface area contributed by atoms with Gasteiger partial charge in [-0.25, -0.2) is 0 Å². The van der Waals surface area contributed by atoms with Crippen LogP contribution < -0.4 is 10.1 Å². The van der Waals surface area contributed by atoms with Crippen molar-refractivity contribution in [2.75, 3.05) is 26.7 Å². The molecule has 3 rings (SSSR count). The third kappa shape index (κ3) is 4.84. The maximum absolute atomic E-state index is 12.2. The van der Waals surface area contributed by atoms with E-state index in [1.165, 1.54) is 48.8 Å². The highest BCUT2D eigenvalue weighted by molar-refractivity contribution is 5.76. The van der Waals surface area contributed by atoms with Crippen LogP contribution in [0.5, 0.6) is 5.75 Å². The molecule has 0 bridgehead atoms. The zero-order valence-corrected chi connectivity index (χ0v) is 17.5. The normalized spacial score (nSPS) is 20.1. The van der Waals surface area contributed by atoms with Gasteiger partial charge in [-0.1, -0.05) is 25.3 Å². The van der Waals surface area contributed by atoms with Crippen LogP contribution in [0.2, 0.25) is 0 Å². The first-order valence-electron chi connectivity index (χ1n) is 10.6. The molecule has 1 amide bonds. The topological polar surface area (TPSA) is 41.6 Å². The van der Waals surface area contributed by atoms with Crippen molar-refractivity contribution >= 4 is 5.91 Å². The van der Waals surface area contributed by atoms with E-state index in [4.69, 9.17) is 4.74 Å². The molecule has 0 aromatic heterocycles. The number of likely N-dealkylation sites (tertiary alicyclic amines) is 1. The second kappa shape index (κ2) is 9.09. The zero-order chi connectivity index (χ0) is 19.4. The van der Waals surface area contributed by atoms with Gasteiger partial charge < -0.3 is 10.1 Å². The Labute approximate surface area is 164 Å². The van der Waals surface area contributed by atoms with E-state index in [1.807, 2.05) is 0 Å². The third-order valence-electron chi connectivity index (χ3n) is 6.77. The summed E-state index contributed by atoms with van der Waals surface area (Å²) in [5, 5.41) is 3.18. The molecular weight excluding hydrogens is 336 g/mol. The van der Waals surface area contributed by atoms with Crippen molar-refractivity contribution in [1.82, 2.24) is 10.2 Å². The molecule has 1 aromatic rings. The Morgan fingerprint density at radius 1 is 1.15 bits per heavy atom. The number of methoxy groups -OCH3 is 1. The van der Waals surface area contributed by atoms with E-state index in [1.54, 1.807) is 7.11 Å². The first kappa shape index (κ1) is 20.2. The molecule has 1 N–H and O–H groups in total. The summed E-state index contributed by atoms with van der Waals surface area (Å²) < 4.78 is 5.43. The summed E-state index contributed by atoms with van der Waals surface area (Å²) >= 11 is 0. The first-order valence-corrected chi connectivity index (χ1v) is 10.6. The van der Waals surface area contributed by atoms with Crippen LogP contribution in [0.25, 0.3) is 0 Å². The molecule has 1 aliphatic heterocycles. The lowest BCUT2D eigenvalue weighted by molar-refractivity contribution is -0.122. The van der Waals surface area contributed by atoms with Gasteiger partial charge in [-0.15, -0.1) is 0 Å². The summed E-state index contributed by atoms with van der Waals surface area (Å²) in [6, 6.07) is 4.69. The Kier molecular flexibility index (Phi) is 6.80. The van der Waals surface area contributed by atoms with Gasteiger partial charge in [-0.05, 0) is 62.3 Å². The molecule has 1 atom stereocenters. The van der Waals surface area contributed by atoms with Crippen LogP contribution in [0.4, 0.5) is 0 Å². The molecule has 4 nitrogen and oxygen atoms in total. The number of amides is 1. The molecule has 1 heterocycles. The summed E-state index contributed by atoms with van der Waals surface area (Å²) in [6.45, 7) is 9.56. The number of benzene rings is 1. The molecule has 1 aliphatic carbocycles. The van der Waals surface area contributed by atoms with Crippen LogP contribution in [0.1, 0.15) is 68.2 Å². The molecular formula is C23H36N2O2. The smallest absolute Gasteiger partial charge is 0.220 e. The average molecular weight is 373 g/mol. The van der Waals surface area contributed by atoms with Crippen molar-refractivity contribution in [2.24, 2.45) is 11.8 Å². The fourth-order valence-corrected chi connectivity index (χ4v) is 4.73. The number of carbonyl (C=O) groups excluding carboxylic acids is 1. The standard InChI is InChI=1S/C23H36N2O2/c1-16-17(2)22(27-4)11-10-21(16)18(3)25-14-20(15-25)13-24-23(26)12-19-8-6-5-7-9-19/h10-11,18-20H,5-9,12-15H2,1-4H3,(H,24,26). The SMILES string of the molecule is COc1ccc(C(C)N2CC(CNC(=O)CC3CCCCC3)C2)c(C)c1C. The second-order valence-corrected chi connectivity index (χ2v) is 8.62. The molecule has 1 saturated heterocycles. The Balaban J connectivity index is 1.42. The van der Waals surface area contributed by atoms with Crippen LogP contribution in [0.3, 0.4) is 0 Å². The number of hydrogen-bond acceptors (Lipinski definition) is 3. The molecule has 2 aliphatic rings. The third-order valence-corrected chi connectivity index (χ3v) is 6.77. The first-order chi connectivity index (χ1) is 13.0. The molecule has 1 unspecified atom stereocenters. The van der Waals surface area contributed by atoms with Crippen molar-refractivity contribution < 1.29 is 9.53 Å². The van der Waals surface area contributed by atoms with Crippen LogP contribution in [0.15, 0.2) is 12.1 Å². The number of carbonyl (C=O) groups is 1. The fourth-order valence-electron chi connectivity index (χ4n) is 4.73. The molecule has 0 radical (unpaired) electrons. The molecule has 4 heteroatoms. The van der Waals surface area contributed by atoms with Crippen LogP contribution in [-0.4, -0.2) is 37.6 Å². The van der Waals surface area contributed by atoms with Crippen LogP contribution in [-0.2, 0) is 4.79 Å². The van der Waals surface area contributed by atoms with Gasteiger partial charge in [0, 0.05) is 38.0 Å². The van der Waals surface area contributed by atoms with E-state index < -0.39 is 0 Å². The van der Waals surface area contributed by atoms with E-state index in [2.05, 4.69) is 43.1 Å². The van der Waals surface area contributed by atoms with E-state index >= 15 is 0 Å². The number of ether oxygens (including phenoxy) is 1. The maximum Gasteiger partial charge on any atom is 0.220 e. The minimum absolute atomic E-state index is 0.259. The molecule has 1 aromatic carbocycles. The van der Waals surface area contributed by atoms with Crippen LogP contribution in [0, 0.1) is 25.7 Å². The van der Waals surface area contributed by atoms with Crippen molar-refractivity contribution in [3.8, 4) is 5.75 Å². The summed E-state index contributed by atoms with van der Waals surface area (Å²) in [7, 11) is 1.73. The van der Waals surface area contributed by atoms with Gasteiger partial charge in [0.25, 0.3) is 0 Å². The van der Waals surface area contributed by atoms with Gasteiger partial charge in [0.05, 0.1) is 7.11 Å². The lowest BCUT2D eigenvalue weighted by Crippen LogP contribution is -2.52. The fraction of sp³-hybridized carbons (Fsp3) is 0.696. The molecule has 2 fully saturated rings. The highest BCUT2D eigenvalue weighted by Gasteiger charge is 2.32. The average Bonchev–Trinajstić information content (AvgIpc) is 2.63. The predicted octanol–water partition coefficient (Wildman–Crippen LogP) is 4.39. The predicted molar refractivity (Wildman–Crippen MR) is 110 cm³/mol. The lowest BCUT2D eigenvalue weighted by atomic mass is 9.86. The van der Waals surface area contributed by atoms with Crippen molar-refractivity contribution in [3.05, 3.63) is 28.8 Å². The Hall–Kier alpha value is -1.55. The second-order valence-electron chi connectivity index (χ2n) is 8.62. The maximum atomic E-state index is 12.2. The summed E-state index contributed by atoms with van der Waals surface area (Å²) in [5.74, 6) is 2.43. The van der Waals surface area contributed by atoms with Crippen molar-refractivity contribution in [2.45, 2.75) is 65.3 Å². The van der Waals surface area contributed by atoms with E-state index in [0.29, 0.717) is 17.9 Å². The Bertz CT molecular complexity index is 646. The quantitative estimate of drug-likeness (QED) is 0.772. The molecule has 1 saturated carbocycles. The number of rotatable bonds is 7. The minimum Gasteiger partial charge on any atom is -0.496 e. The monoisotopic (exact) mass is 372 g/mol. The van der Waals surface area contributed by atoms with Crippen LogP contribution >= 0.6 is 0 Å². The molecule has 27 heavy (non-hydrogen) atoms. The largest absolute Gasteiger partial charge is 0.496 e. The zero-order valence-electron chi connectivity index (χ0n) is 17.5. The highest BCUT2D eigenvalue weighted by Crippen LogP contribution is 2.34. The highest BCUT2D eigenvalue weighted by atomic mass is 16.5. The Morgan fingerprint density at radius 2 is 1.85 bits per heavy atom. The van der Waals surface area contributed by atoms with E-state index in [9.17, 15) is 4.79 Å². The molecule has 0 spiro atoms. The summed E-state index contributed by atoms with van der Waals surface area (Å²) in [4.78, 5) is 14.7. The van der Waals surface area contributed by atoms with Gasteiger partial charge >= 0.3 is 0 Å². The molecule has 150 valence electrons. The van der Waals surface area contributed by atoms with Gasteiger partial charge in [-0.2, -0.15) is 0 Å². The van der Waals surface area contributed by atoms with Crippen molar-refractivity contribution in [3.63, 3.8) is 0 Å². The number of nitrogens with one attached hydrogen (secondary N) is 1. The van der Waals surface area contributed by atoms with Gasteiger partial charge in [-0.3, -0.25) is 9.69 Å². The number of nitrogens with zero attached hydrogens (tertiary/aromatic N) is 1. The summed E-state index contributed by atoms with van der Waals surface area (Å²) in [5.41, 5.74) is 3.94. The van der Waals surface area contributed by atoms with E-state index in [0.717, 1.165) is 31.8 Å². The van der Waals surface area contributed by atoms with Gasteiger partial charge in [0.1, 0.15) is 5.75 Å². The van der Waals surface area contributed by atoms with Gasteiger partial charge in [0.2, 0.25) is 5.91 Å². The number of hydrogen-bond donors (Lipinski definition) is 1. The summed E-state index contributed by atoms with van der Waals surface area (Å²) in [6.07, 6.45) is 7.17.